The van der Waals surface area contributed by atoms with Gasteiger partial charge in [0.25, 0.3) is 0 Å². The predicted octanol–water partition coefficient (Wildman–Crippen LogP) is 3.30. The Morgan fingerprint density at radius 2 is 1.63 bits per heavy atom. The van der Waals surface area contributed by atoms with E-state index in [1.54, 1.807) is 10.9 Å². The Morgan fingerprint density at radius 1 is 1.00 bits per heavy atom. The van der Waals surface area contributed by atoms with E-state index in [0.717, 1.165) is 11.3 Å². The van der Waals surface area contributed by atoms with Gasteiger partial charge in [0.2, 0.25) is 10.0 Å². The fourth-order valence-electron chi connectivity index (χ4n) is 3.19. The number of aromatic nitrogens is 2. The van der Waals surface area contributed by atoms with E-state index < -0.39 is 15.6 Å². The Balaban J connectivity index is 1.90. The van der Waals surface area contributed by atoms with Crippen LogP contribution in [0.25, 0.3) is 16.9 Å². The highest BCUT2D eigenvalue weighted by molar-refractivity contribution is 7.89. The molecule has 1 fully saturated rings. The third-order valence-corrected chi connectivity index (χ3v) is 6.69. The topological polar surface area (TPSA) is 64.4 Å². The second-order valence-corrected chi connectivity index (χ2v) is 8.96. The van der Waals surface area contributed by atoms with Gasteiger partial charge in [-0.15, -0.1) is 0 Å². The van der Waals surface area contributed by atoms with Crippen LogP contribution in [-0.2, 0) is 14.8 Å². The van der Waals surface area contributed by atoms with Gasteiger partial charge < -0.3 is 4.74 Å². The lowest BCUT2D eigenvalue weighted by molar-refractivity contribution is 0.171. The summed E-state index contributed by atoms with van der Waals surface area (Å²) in [7, 11) is -3.79. The molecule has 7 heteroatoms. The average molecular weight is 383 g/mol. The molecule has 3 aromatic rings. The number of hydrogen-bond donors (Lipinski definition) is 0. The van der Waals surface area contributed by atoms with Crippen LogP contribution in [0, 0.1) is 0 Å². The number of para-hydroxylation sites is 1. The lowest BCUT2D eigenvalue weighted by Crippen LogP contribution is -2.44. The molecule has 140 valence electrons. The van der Waals surface area contributed by atoms with E-state index in [2.05, 4.69) is 5.10 Å². The normalized spacial score (nSPS) is 17.3. The van der Waals surface area contributed by atoms with E-state index in [9.17, 15) is 8.42 Å². The van der Waals surface area contributed by atoms with E-state index in [1.807, 2.05) is 74.5 Å². The van der Waals surface area contributed by atoms with Gasteiger partial charge in [-0.1, -0.05) is 48.5 Å². The van der Waals surface area contributed by atoms with E-state index in [-0.39, 0.29) is 11.6 Å². The molecule has 0 aliphatic carbocycles. The van der Waals surface area contributed by atoms with Crippen molar-refractivity contribution in [3.05, 3.63) is 66.9 Å². The van der Waals surface area contributed by atoms with Gasteiger partial charge in [-0.25, -0.2) is 13.1 Å². The van der Waals surface area contributed by atoms with Crippen LogP contribution in [-0.4, -0.2) is 41.4 Å². The molecule has 2 aromatic carbocycles. The van der Waals surface area contributed by atoms with Crippen molar-refractivity contribution in [3.8, 4) is 16.9 Å². The number of benzene rings is 2. The molecule has 0 spiro atoms. The van der Waals surface area contributed by atoms with E-state index in [1.165, 1.54) is 4.31 Å². The van der Waals surface area contributed by atoms with Gasteiger partial charge in [-0.2, -0.15) is 9.40 Å². The van der Waals surface area contributed by atoms with Crippen LogP contribution in [0.2, 0.25) is 0 Å². The zero-order valence-corrected chi connectivity index (χ0v) is 16.1. The minimum atomic E-state index is -3.79. The van der Waals surface area contributed by atoms with Crippen molar-refractivity contribution >= 4 is 10.0 Å². The largest absolute Gasteiger partial charge is 0.363 e. The monoisotopic (exact) mass is 383 g/mol. The quantitative estimate of drug-likeness (QED) is 0.693. The molecule has 1 saturated heterocycles. The van der Waals surface area contributed by atoms with Crippen LogP contribution in [0.5, 0.6) is 0 Å². The molecule has 2 heterocycles. The fraction of sp³-hybridized carbons (Fsp3) is 0.250. The zero-order valence-electron chi connectivity index (χ0n) is 15.2. The van der Waals surface area contributed by atoms with Crippen LogP contribution in [0.15, 0.2) is 71.8 Å². The molecule has 1 aliphatic rings. The smallest absolute Gasteiger partial charge is 0.249 e. The first-order valence-electron chi connectivity index (χ1n) is 8.71. The molecule has 4 rings (SSSR count). The summed E-state index contributed by atoms with van der Waals surface area (Å²) >= 11 is 0. The van der Waals surface area contributed by atoms with Gasteiger partial charge in [0, 0.05) is 5.56 Å². The zero-order chi connectivity index (χ0) is 19.1. The number of rotatable bonds is 4. The van der Waals surface area contributed by atoms with Crippen LogP contribution in [0.4, 0.5) is 0 Å². The van der Waals surface area contributed by atoms with E-state index in [0.29, 0.717) is 12.3 Å². The maximum Gasteiger partial charge on any atom is 0.249 e. The third kappa shape index (κ3) is 3.18. The predicted molar refractivity (Wildman–Crippen MR) is 103 cm³/mol. The first-order valence-corrected chi connectivity index (χ1v) is 10.1. The molecule has 0 saturated carbocycles. The number of ether oxygens (including phenoxy) is 1. The molecule has 0 atom stereocenters. The molecule has 6 nitrogen and oxygen atoms in total. The molecule has 0 unspecified atom stereocenters. The number of nitrogens with zero attached hydrogens (tertiary/aromatic N) is 3. The van der Waals surface area contributed by atoms with E-state index in [4.69, 9.17) is 4.74 Å². The summed E-state index contributed by atoms with van der Waals surface area (Å²) in [6.45, 7) is 4.13. The van der Waals surface area contributed by atoms with Crippen molar-refractivity contribution in [2.75, 3.05) is 13.3 Å². The summed E-state index contributed by atoms with van der Waals surface area (Å²) in [6.07, 6.45) is 1.58. The molecular formula is C20H21N3O3S. The molecule has 0 bridgehead atoms. The Morgan fingerprint density at radius 3 is 2.22 bits per heavy atom. The highest BCUT2D eigenvalue weighted by Crippen LogP contribution is 2.34. The summed E-state index contributed by atoms with van der Waals surface area (Å²) in [5.74, 6) is 0. The SMILES string of the molecule is CC1(C)COCN1S(=O)(=O)c1cn(-c2ccccc2)nc1-c1ccccc1. The highest BCUT2D eigenvalue weighted by Gasteiger charge is 2.43. The van der Waals surface area contributed by atoms with Crippen molar-refractivity contribution < 1.29 is 13.2 Å². The Hall–Kier alpha value is -2.48. The standard InChI is InChI=1S/C20H21N3O3S/c1-20(2)14-26-15-23(20)27(24,25)18-13-22(17-11-7-4-8-12-17)21-19(18)16-9-5-3-6-10-16/h3-13H,14-15H2,1-2H3. The van der Waals surface area contributed by atoms with E-state index >= 15 is 0 Å². The summed E-state index contributed by atoms with van der Waals surface area (Å²) < 4.78 is 35.4. The fourth-order valence-corrected chi connectivity index (χ4v) is 4.98. The van der Waals surface area contributed by atoms with Gasteiger partial charge in [-0.3, -0.25) is 0 Å². The number of sulfonamides is 1. The minimum absolute atomic E-state index is 0.0417. The van der Waals surface area contributed by atoms with Crippen LogP contribution in [0.1, 0.15) is 13.8 Å². The molecular weight excluding hydrogens is 362 g/mol. The van der Waals surface area contributed by atoms with Crippen LogP contribution < -0.4 is 0 Å². The van der Waals surface area contributed by atoms with Gasteiger partial charge in [0.15, 0.2) is 0 Å². The van der Waals surface area contributed by atoms with Crippen molar-refractivity contribution in [3.63, 3.8) is 0 Å². The Labute approximate surface area is 159 Å². The summed E-state index contributed by atoms with van der Waals surface area (Å²) in [6, 6.07) is 18.8. The van der Waals surface area contributed by atoms with Crippen molar-refractivity contribution in [1.29, 1.82) is 0 Å². The second kappa shape index (κ2) is 6.60. The first kappa shape index (κ1) is 17.9. The molecule has 1 aliphatic heterocycles. The highest BCUT2D eigenvalue weighted by atomic mass is 32.2. The molecule has 1 aromatic heterocycles. The average Bonchev–Trinajstić information content (AvgIpc) is 3.27. The van der Waals surface area contributed by atoms with Gasteiger partial charge >= 0.3 is 0 Å². The molecule has 0 radical (unpaired) electrons. The van der Waals surface area contributed by atoms with Crippen molar-refractivity contribution in [2.45, 2.75) is 24.3 Å². The molecule has 0 amide bonds. The van der Waals surface area contributed by atoms with Crippen molar-refractivity contribution in [2.24, 2.45) is 0 Å². The maximum absolute atomic E-state index is 13.5. The van der Waals surface area contributed by atoms with Crippen LogP contribution in [0.3, 0.4) is 0 Å². The Kier molecular flexibility index (Phi) is 4.38. The maximum atomic E-state index is 13.5. The van der Waals surface area contributed by atoms with Gasteiger partial charge in [0.05, 0.1) is 24.0 Å². The number of hydrogen-bond acceptors (Lipinski definition) is 4. The summed E-state index contributed by atoms with van der Waals surface area (Å²) in [4.78, 5) is 0.177. The minimum Gasteiger partial charge on any atom is -0.363 e. The van der Waals surface area contributed by atoms with Gasteiger partial charge in [0.1, 0.15) is 17.3 Å². The lowest BCUT2D eigenvalue weighted by Gasteiger charge is -2.27. The lowest BCUT2D eigenvalue weighted by atomic mass is 10.1. The third-order valence-electron chi connectivity index (χ3n) is 4.66. The van der Waals surface area contributed by atoms with Gasteiger partial charge in [-0.05, 0) is 26.0 Å². The summed E-state index contributed by atoms with van der Waals surface area (Å²) in [5, 5.41) is 4.61. The van der Waals surface area contributed by atoms with Crippen molar-refractivity contribution in [1.82, 2.24) is 14.1 Å². The molecule has 0 N–H and O–H groups in total. The molecule has 27 heavy (non-hydrogen) atoms. The second-order valence-electron chi connectivity index (χ2n) is 7.13. The first-order chi connectivity index (χ1) is 12.9. The Bertz CT molecular complexity index is 1040. The summed E-state index contributed by atoms with van der Waals surface area (Å²) in [5.41, 5.74) is 1.38. The van der Waals surface area contributed by atoms with Crippen LogP contribution >= 0.6 is 0 Å².